The van der Waals surface area contributed by atoms with Crippen molar-refractivity contribution in [2.75, 3.05) is 91.5 Å². The highest BCUT2D eigenvalue weighted by Gasteiger charge is 2.52. The highest BCUT2D eigenvalue weighted by atomic mass is 16.6. The number of piperidine rings is 1. The summed E-state index contributed by atoms with van der Waals surface area (Å²) in [5.74, 6) is 1.45. The standard InChI is InChI=1S/C29H46N2O6/c1-22-27-28(32)25-7-6-24(20-26(25)29(22,2)8-10-31(27)21-23-4-5-23)30-9-11-34-14-15-36-18-19-37-17-16-35-13-12-33-3/h6-7,20,22-23,27,30H,4-5,8-19,21H2,1-3H3/t22?,27-,29?/m0/s1. The van der Waals surface area contributed by atoms with E-state index >= 15 is 0 Å². The Hall–Kier alpha value is -1.55. The summed E-state index contributed by atoms with van der Waals surface area (Å²) >= 11 is 0. The van der Waals surface area contributed by atoms with Gasteiger partial charge in [0.2, 0.25) is 0 Å². The minimum Gasteiger partial charge on any atom is -0.383 e. The first-order valence-electron chi connectivity index (χ1n) is 14.0. The van der Waals surface area contributed by atoms with Crippen LogP contribution in [0.25, 0.3) is 0 Å². The third-order valence-electron chi connectivity index (χ3n) is 8.27. The molecule has 4 rings (SSSR count). The monoisotopic (exact) mass is 518 g/mol. The molecule has 8 heteroatoms. The topological polar surface area (TPSA) is 78.5 Å². The average Bonchev–Trinajstić information content (AvgIpc) is 3.72. The van der Waals surface area contributed by atoms with Gasteiger partial charge in [0, 0.05) is 31.5 Å². The number of Topliss-reactive ketones (excluding diaryl/α,β-unsaturated/α-hetero) is 1. The normalized spacial score (nSPS) is 25.3. The molecule has 37 heavy (non-hydrogen) atoms. The number of nitrogens with one attached hydrogen (secondary N) is 1. The lowest BCUT2D eigenvalue weighted by atomic mass is 9.58. The van der Waals surface area contributed by atoms with Gasteiger partial charge in [0.1, 0.15) is 0 Å². The Bertz CT molecular complexity index is 863. The van der Waals surface area contributed by atoms with Crippen molar-refractivity contribution >= 4 is 11.5 Å². The van der Waals surface area contributed by atoms with Crippen LogP contribution in [-0.2, 0) is 29.1 Å². The number of ketones is 1. The molecule has 208 valence electrons. The molecule has 3 aliphatic rings. The van der Waals surface area contributed by atoms with Gasteiger partial charge in [0.15, 0.2) is 5.78 Å². The van der Waals surface area contributed by atoms with Gasteiger partial charge >= 0.3 is 0 Å². The van der Waals surface area contributed by atoms with E-state index in [4.69, 9.17) is 23.7 Å². The SMILES string of the molecule is COCCOCCOCCOCCOCCNc1ccc2c(c1)C1(C)CCN(CC3CC3)[C@H](C2=O)C1C. The van der Waals surface area contributed by atoms with Crippen molar-refractivity contribution in [1.82, 2.24) is 4.90 Å². The van der Waals surface area contributed by atoms with E-state index in [-0.39, 0.29) is 11.5 Å². The lowest BCUT2D eigenvalue weighted by Crippen LogP contribution is -2.61. The number of rotatable bonds is 18. The van der Waals surface area contributed by atoms with Crippen LogP contribution >= 0.6 is 0 Å². The number of methoxy groups -OCH3 is 1. The van der Waals surface area contributed by atoms with Crippen LogP contribution < -0.4 is 5.32 Å². The summed E-state index contributed by atoms with van der Waals surface area (Å²) in [6.45, 7) is 12.6. The van der Waals surface area contributed by atoms with Gasteiger partial charge in [-0.25, -0.2) is 0 Å². The second-order valence-corrected chi connectivity index (χ2v) is 10.8. The predicted octanol–water partition coefficient (Wildman–Crippen LogP) is 3.39. The van der Waals surface area contributed by atoms with Crippen LogP contribution in [0.4, 0.5) is 5.69 Å². The van der Waals surface area contributed by atoms with Gasteiger partial charge < -0.3 is 29.0 Å². The number of anilines is 1. The zero-order valence-corrected chi connectivity index (χ0v) is 23.0. The number of likely N-dealkylation sites (tertiary alicyclic amines) is 1. The molecule has 1 saturated carbocycles. The Kier molecular flexibility index (Phi) is 10.8. The second kappa shape index (κ2) is 14.0. The van der Waals surface area contributed by atoms with E-state index in [9.17, 15) is 4.79 Å². The Balaban J connectivity index is 1.12. The first-order valence-corrected chi connectivity index (χ1v) is 14.0. The molecule has 2 unspecified atom stereocenters. The van der Waals surface area contributed by atoms with Gasteiger partial charge in [-0.2, -0.15) is 0 Å². The number of hydrogen-bond donors (Lipinski definition) is 1. The summed E-state index contributed by atoms with van der Waals surface area (Å²) < 4.78 is 26.9. The molecule has 1 aliphatic heterocycles. The van der Waals surface area contributed by atoms with E-state index < -0.39 is 0 Å². The number of carbonyl (C=O) groups is 1. The molecule has 0 aromatic heterocycles. The van der Waals surface area contributed by atoms with Crippen LogP contribution in [0.15, 0.2) is 18.2 Å². The minimum atomic E-state index is 0.0351. The fourth-order valence-electron chi connectivity index (χ4n) is 5.69. The molecule has 0 radical (unpaired) electrons. The number of hydrogen-bond acceptors (Lipinski definition) is 8. The average molecular weight is 519 g/mol. The fourth-order valence-corrected chi connectivity index (χ4v) is 5.69. The molecule has 3 atom stereocenters. The van der Waals surface area contributed by atoms with E-state index in [0.29, 0.717) is 77.7 Å². The molecule has 8 nitrogen and oxygen atoms in total. The molecule has 1 heterocycles. The summed E-state index contributed by atoms with van der Waals surface area (Å²) in [5, 5.41) is 3.47. The maximum Gasteiger partial charge on any atom is 0.180 e. The Labute approximate surface area is 222 Å². The third-order valence-corrected chi connectivity index (χ3v) is 8.27. The van der Waals surface area contributed by atoms with Crippen LogP contribution in [0.2, 0.25) is 0 Å². The molecule has 1 N–H and O–H groups in total. The summed E-state index contributed by atoms with van der Waals surface area (Å²) in [5.41, 5.74) is 3.24. The summed E-state index contributed by atoms with van der Waals surface area (Å²) in [4.78, 5) is 16.0. The van der Waals surface area contributed by atoms with Crippen LogP contribution in [0.3, 0.4) is 0 Å². The Morgan fingerprint density at radius 1 is 0.946 bits per heavy atom. The van der Waals surface area contributed by atoms with E-state index in [2.05, 4.69) is 30.1 Å². The first kappa shape index (κ1) is 28.5. The van der Waals surface area contributed by atoms with Gasteiger partial charge in [0.25, 0.3) is 0 Å². The molecule has 0 spiro atoms. The number of fused-ring (bicyclic) bond motifs is 4. The van der Waals surface area contributed by atoms with Crippen molar-refractivity contribution in [3.05, 3.63) is 29.3 Å². The van der Waals surface area contributed by atoms with Crippen LogP contribution in [-0.4, -0.2) is 103 Å². The van der Waals surface area contributed by atoms with E-state index in [1.165, 1.54) is 18.4 Å². The van der Waals surface area contributed by atoms with Gasteiger partial charge in [-0.1, -0.05) is 13.8 Å². The van der Waals surface area contributed by atoms with Crippen molar-refractivity contribution in [2.45, 2.75) is 44.6 Å². The van der Waals surface area contributed by atoms with Gasteiger partial charge in [0.05, 0.1) is 65.5 Å². The summed E-state index contributed by atoms with van der Waals surface area (Å²) in [6, 6.07) is 6.33. The van der Waals surface area contributed by atoms with Crippen molar-refractivity contribution < 1.29 is 28.5 Å². The molecule has 1 aromatic carbocycles. The Morgan fingerprint density at radius 2 is 1.57 bits per heavy atom. The quantitative estimate of drug-likeness (QED) is 0.297. The lowest BCUT2D eigenvalue weighted by molar-refractivity contribution is -0.00700. The van der Waals surface area contributed by atoms with Gasteiger partial charge in [-0.05, 0) is 66.8 Å². The van der Waals surface area contributed by atoms with Gasteiger partial charge in [-0.15, -0.1) is 0 Å². The summed E-state index contributed by atoms with van der Waals surface area (Å²) in [7, 11) is 1.66. The maximum atomic E-state index is 13.5. The van der Waals surface area contributed by atoms with Crippen molar-refractivity contribution in [3.8, 4) is 0 Å². The smallest absolute Gasteiger partial charge is 0.180 e. The van der Waals surface area contributed by atoms with E-state index in [1.54, 1.807) is 7.11 Å². The minimum absolute atomic E-state index is 0.0351. The van der Waals surface area contributed by atoms with E-state index in [0.717, 1.165) is 36.7 Å². The third kappa shape index (κ3) is 7.52. The van der Waals surface area contributed by atoms with Crippen molar-refractivity contribution in [2.24, 2.45) is 11.8 Å². The first-order chi connectivity index (χ1) is 18.0. The van der Waals surface area contributed by atoms with Crippen LogP contribution in [0, 0.1) is 11.8 Å². The zero-order valence-electron chi connectivity index (χ0n) is 23.0. The fraction of sp³-hybridized carbons (Fsp3) is 0.759. The number of benzene rings is 1. The van der Waals surface area contributed by atoms with Crippen molar-refractivity contribution in [3.63, 3.8) is 0 Å². The number of ether oxygens (including phenoxy) is 5. The molecule has 2 aliphatic carbocycles. The molecule has 2 bridgehead atoms. The number of carbonyl (C=O) groups excluding carboxylic acids is 1. The Morgan fingerprint density at radius 3 is 2.19 bits per heavy atom. The van der Waals surface area contributed by atoms with Gasteiger partial charge in [-0.3, -0.25) is 9.69 Å². The molecule has 1 saturated heterocycles. The lowest BCUT2D eigenvalue weighted by Gasteiger charge is -2.53. The largest absolute Gasteiger partial charge is 0.383 e. The predicted molar refractivity (Wildman–Crippen MR) is 144 cm³/mol. The highest BCUT2D eigenvalue weighted by molar-refractivity contribution is 6.04. The molecule has 0 amide bonds. The van der Waals surface area contributed by atoms with Crippen LogP contribution in [0.5, 0.6) is 0 Å². The summed E-state index contributed by atoms with van der Waals surface area (Å²) in [6.07, 6.45) is 3.76. The molecule has 1 aromatic rings. The number of nitrogens with zero attached hydrogens (tertiary/aromatic N) is 1. The molecular weight excluding hydrogens is 472 g/mol. The second-order valence-electron chi connectivity index (χ2n) is 10.8. The van der Waals surface area contributed by atoms with Crippen molar-refractivity contribution in [1.29, 1.82) is 0 Å². The van der Waals surface area contributed by atoms with E-state index in [1.807, 2.05) is 12.1 Å². The molecular formula is C29H46N2O6. The zero-order chi connectivity index (χ0) is 26.1. The maximum absolute atomic E-state index is 13.5. The highest BCUT2D eigenvalue weighted by Crippen LogP contribution is 2.49. The van der Waals surface area contributed by atoms with Crippen LogP contribution in [0.1, 0.15) is 49.0 Å². The molecule has 2 fully saturated rings.